The second-order valence-corrected chi connectivity index (χ2v) is 10.6. The minimum atomic E-state index is -0.0260. The van der Waals surface area contributed by atoms with E-state index in [2.05, 4.69) is 101 Å². The van der Waals surface area contributed by atoms with E-state index < -0.39 is 0 Å². The Morgan fingerprint density at radius 1 is 0.405 bits per heavy atom. The van der Waals surface area contributed by atoms with E-state index in [1.165, 1.54) is 11.1 Å². The van der Waals surface area contributed by atoms with Crippen LogP contribution in [0.2, 0.25) is 0 Å². The first-order valence-electron chi connectivity index (χ1n) is 14.2. The van der Waals surface area contributed by atoms with Gasteiger partial charge in [0, 0.05) is 5.39 Å². The van der Waals surface area contributed by atoms with Gasteiger partial charge in [0.25, 0.3) is 5.56 Å². The van der Waals surface area contributed by atoms with E-state index in [9.17, 15) is 4.79 Å². The van der Waals surface area contributed by atoms with Crippen molar-refractivity contribution in [1.29, 1.82) is 0 Å². The molecule has 0 amide bonds. The molecule has 0 N–H and O–H groups in total. The predicted molar refractivity (Wildman–Crippen MR) is 174 cm³/mol. The van der Waals surface area contributed by atoms with Crippen molar-refractivity contribution in [1.82, 2.24) is 8.97 Å². The summed E-state index contributed by atoms with van der Waals surface area (Å²) in [5.41, 5.74) is 10.5. The molecular weight excluding hydrogens is 512 g/mol. The highest BCUT2D eigenvalue weighted by Gasteiger charge is 2.16. The molecular formula is C39H26N2O. The summed E-state index contributed by atoms with van der Waals surface area (Å²) in [4.78, 5) is 14.1. The summed E-state index contributed by atoms with van der Waals surface area (Å²) in [5.74, 6) is 0. The third-order valence-corrected chi connectivity index (χ3v) is 8.10. The predicted octanol–water partition coefficient (Wildman–Crippen LogP) is 9.40. The summed E-state index contributed by atoms with van der Waals surface area (Å²) in [7, 11) is 0. The molecule has 0 bridgehead atoms. The molecule has 2 aromatic heterocycles. The molecule has 0 unspecified atom stereocenters. The average Bonchev–Trinajstić information content (AvgIpc) is 3.44. The van der Waals surface area contributed by atoms with Gasteiger partial charge < -0.3 is 0 Å². The van der Waals surface area contributed by atoms with Gasteiger partial charge in [-0.15, -0.1) is 0 Å². The molecule has 3 heteroatoms. The molecule has 8 rings (SSSR count). The smallest absolute Gasteiger partial charge is 0.266 e. The number of hydrogen-bond acceptors (Lipinski definition) is 1. The van der Waals surface area contributed by atoms with Gasteiger partial charge in [0.2, 0.25) is 0 Å². The van der Waals surface area contributed by atoms with Crippen LogP contribution in [0, 0.1) is 0 Å². The molecule has 0 aliphatic rings. The number of rotatable bonds is 4. The highest BCUT2D eigenvalue weighted by molar-refractivity contribution is 5.96. The fourth-order valence-corrected chi connectivity index (χ4v) is 6.09. The Morgan fingerprint density at radius 2 is 0.976 bits per heavy atom. The number of hydrogen-bond donors (Lipinski definition) is 0. The Bertz CT molecular complexity index is 2310. The summed E-state index contributed by atoms with van der Waals surface area (Å²) >= 11 is 0. The second kappa shape index (κ2) is 9.76. The van der Waals surface area contributed by atoms with Gasteiger partial charge in [-0.25, -0.2) is 0 Å². The zero-order chi connectivity index (χ0) is 28.0. The summed E-state index contributed by atoms with van der Waals surface area (Å²) in [6, 6.07) is 54.2. The molecule has 0 aliphatic heterocycles. The van der Waals surface area contributed by atoms with Gasteiger partial charge in [-0.05, 0) is 81.9 Å². The van der Waals surface area contributed by atoms with Gasteiger partial charge in [-0.2, -0.15) is 0 Å². The zero-order valence-corrected chi connectivity index (χ0v) is 22.8. The van der Waals surface area contributed by atoms with Gasteiger partial charge in [-0.3, -0.25) is 13.8 Å². The first kappa shape index (κ1) is 24.2. The molecule has 3 nitrogen and oxygen atoms in total. The second-order valence-electron chi connectivity index (χ2n) is 10.6. The first-order chi connectivity index (χ1) is 20.7. The van der Waals surface area contributed by atoms with E-state index in [0.717, 1.165) is 50.0 Å². The van der Waals surface area contributed by atoms with Crippen molar-refractivity contribution in [2.75, 3.05) is 0 Å². The third kappa shape index (κ3) is 3.94. The number of nitrogens with zero attached hydrogens (tertiary/aromatic N) is 2. The lowest BCUT2D eigenvalue weighted by molar-refractivity contribution is 1.01. The third-order valence-electron chi connectivity index (χ3n) is 8.10. The van der Waals surface area contributed by atoms with E-state index in [-0.39, 0.29) is 5.56 Å². The SMILES string of the molecule is O=c1c2ccccc2n2c3ccc(-c4cccc(-c5ccccc5)c4)cc3cc2n1-c1cccc(-c2ccccc2)c1. The van der Waals surface area contributed by atoms with Crippen molar-refractivity contribution in [3.05, 3.63) is 168 Å². The highest BCUT2D eigenvalue weighted by Crippen LogP contribution is 2.32. The normalized spacial score (nSPS) is 11.4. The topological polar surface area (TPSA) is 26.4 Å². The van der Waals surface area contributed by atoms with Gasteiger partial charge in [0.05, 0.1) is 22.1 Å². The summed E-state index contributed by atoms with van der Waals surface area (Å²) in [5, 5.41) is 1.77. The maximum Gasteiger partial charge on any atom is 0.266 e. The van der Waals surface area contributed by atoms with Crippen molar-refractivity contribution < 1.29 is 0 Å². The number of fused-ring (bicyclic) bond motifs is 5. The Kier molecular flexibility index (Phi) is 5.61. The lowest BCUT2D eigenvalue weighted by Gasteiger charge is -2.14. The van der Waals surface area contributed by atoms with Crippen LogP contribution < -0.4 is 5.56 Å². The van der Waals surface area contributed by atoms with Crippen molar-refractivity contribution >= 4 is 27.5 Å². The van der Waals surface area contributed by atoms with Crippen LogP contribution in [0.3, 0.4) is 0 Å². The van der Waals surface area contributed by atoms with Crippen molar-refractivity contribution in [3.8, 4) is 39.1 Å². The lowest BCUT2D eigenvalue weighted by Crippen LogP contribution is -2.21. The van der Waals surface area contributed by atoms with Crippen LogP contribution in [-0.2, 0) is 0 Å². The number of benzene rings is 6. The quantitative estimate of drug-likeness (QED) is 0.219. The Hall–Kier alpha value is -5.67. The fraction of sp³-hybridized carbons (Fsp3) is 0. The number of aromatic nitrogens is 2. The molecule has 198 valence electrons. The van der Waals surface area contributed by atoms with E-state index in [4.69, 9.17) is 0 Å². The highest BCUT2D eigenvalue weighted by atomic mass is 16.1. The van der Waals surface area contributed by atoms with Gasteiger partial charge in [0.15, 0.2) is 0 Å². The van der Waals surface area contributed by atoms with E-state index in [0.29, 0.717) is 5.39 Å². The molecule has 0 saturated carbocycles. The minimum Gasteiger partial charge on any atom is -0.295 e. The van der Waals surface area contributed by atoms with Crippen molar-refractivity contribution in [2.45, 2.75) is 0 Å². The monoisotopic (exact) mass is 538 g/mol. The Balaban J connectivity index is 1.36. The minimum absolute atomic E-state index is 0.0260. The molecule has 0 fully saturated rings. The molecule has 2 heterocycles. The van der Waals surface area contributed by atoms with Crippen LogP contribution in [0.5, 0.6) is 0 Å². The molecule has 0 aliphatic carbocycles. The van der Waals surface area contributed by atoms with E-state index >= 15 is 0 Å². The standard InChI is InChI=1S/C39H26N2O/c42-39-35-19-7-8-20-37(35)41-36-22-21-32(30-16-9-15-29(23-30)27-11-3-1-4-12-27)24-33(36)26-38(41)40(39)34-18-10-17-31(25-34)28-13-5-2-6-14-28/h1-26H. The number of para-hydroxylation sites is 1. The van der Waals surface area contributed by atoms with Gasteiger partial charge in [-0.1, -0.05) is 109 Å². The largest absolute Gasteiger partial charge is 0.295 e. The summed E-state index contributed by atoms with van der Waals surface area (Å²) in [6.07, 6.45) is 0. The molecule has 0 saturated heterocycles. The lowest BCUT2D eigenvalue weighted by atomic mass is 9.98. The van der Waals surface area contributed by atoms with E-state index in [1.54, 1.807) is 0 Å². The molecule has 0 spiro atoms. The van der Waals surface area contributed by atoms with E-state index in [1.807, 2.05) is 65.2 Å². The molecule has 6 aromatic carbocycles. The Labute approximate surface area is 243 Å². The molecule has 42 heavy (non-hydrogen) atoms. The molecule has 0 atom stereocenters. The maximum atomic E-state index is 14.1. The summed E-state index contributed by atoms with van der Waals surface area (Å²) < 4.78 is 4.07. The van der Waals surface area contributed by atoms with Crippen LogP contribution in [0.4, 0.5) is 0 Å². The molecule has 8 aromatic rings. The van der Waals surface area contributed by atoms with Crippen molar-refractivity contribution in [3.63, 3.8) is 0 Å². The van der Waals surface area contributed by atoms with Crippen LogP contribution in [-0.4, -0.2) is 8.97 Å². The summed E-state index contributed by atoms with van der Waals surface area (Å²) in [6.45, 7) is 0. The van der Waals surface area contributed by atoms with Crippen LogP contribution in [0.25, 0.3) is 66.5 Å². The average molecular weight is 539 g/mol. The van der Waals surface area contributed by atoms with Gasteiger partial charge >= 0.3 is 0 Å². The zero-order valence-electron chi connectivity index (χ0n) is 22.8. The van der Waals surface area contributed by atoms with Crippen LogP contribution >= 0.6 is 0 Å². The maximum absolute atomic E-state index is 14.1. The first-order valence-corrected chi connectivity index (χ1v) is 14.2. The van der Waals surface area contributed by atoms with Crippen LogP contribution in [0.1, 0.15) is 0 Å². The van der Waals surface area contributed by atoms with Crippen molar-refractivity contribution in [2.24, 2.45) is 0 Å². The Morgan fingerprint density at radius 3 is 1.71 bits per heavy atom. The molecule has 0 radical (unpaired) electrons. The fourth-order valence-electron chi connectivity index (χ4n) is 6.09. The van der Waals surface area contributed by atoms with Crippen LogP contribution in [0.15, 0.2) is 163 Å². The van der Waals surface area contributed by atoms with Gasteiger partial charge in [0.1, 0.15) is 5.65 Å².